The van der Waals surface area contributed by atoms with Crippen LogP contribution in [0.15, 0.2) is 0 Å². The van der Waals surface area contributed by atoms with Gasteiger partial charge < -0.3 is 9.47 Å². The van der Waals surface area contributed by atoms with Crippen LogP contribution in [0.2, 0.25) is 0 Å². The van der Waals surface area contributed by atoms with Gasteiger partial charge in [0.05, 0.1) is 12.3 Å². The topological polar surface area (TPSA) is 80.1 Å². The van der Waals surface area contributed by atoms with Gasteiger partial charge in [0.1, 0.15) is 5.82 Å². The normalized spacial score (nSPS) is 17.7. The van der Waals surface area contributed by atoms with Crippen LogP contribution in [0.1, 0.15) is 38.0 Å². The SMILES string of the molecule is CSCCCN1CCc2nnc(C(NS(C)(=O)=O)C(C)C)n2CC1. The number of nitrogens with one attached hydrogen (secondary N) is 1. The number of hydrogen-bond acceptors (Lipinski definition) is 6. The number of fused-ring (bicyclic) bond motifs is 1. The van der Waals surface area contributed by atoms with Crippen LogP contribution in [0.25, 0.3) is 0 Å². The van der Waals surface area contributed by atoms with Gasteiger partial charge in [-0.1, -0.05) is 13.8 Å². The minimum atomic E-state index is -3.30. The predicted molar refractivity (Wildman–Crippen MR) is 98.7 cm³/mol. The van der Waals surface area contributed by atoms with E-state index in [0.29, 0.717) is 0 Å². The average molecular weight is 376 g/mol. The molecule has 2 heterocycles. The predicted octanol–water partition coefficient (Wildman–Crippen LogP) is 1.14. The van der Waals surface area contributed by atoms with E-state index in [0.717, 1.165) is 44.2 Å². The van der Waals surface area contributed by atoms with Crippen LogP contribution >= 0.6 is 11.8 Å². The standard InChI is InChI=1S/C15H29N5O2S2/c1-12(2)14(18-24(4,21)22)15-17-16-13-6-8-19(7-5-11-23-3)9-10-20(13)15/h12,14,18H,5-11H2,1-4H3. The lowest BCUT2D eigenvalue weighted by molar-refractivity contribution is 0.278. The molecule has 1 aromatic rings. The van der Waals surface area contributed by atoms with Crippen LogP contribution < -0.4 is 4.72 Å². The quantitative estimate of drug-likeness (QED) is 0.686. The first-order valence-corrected chi connectivity index (χ1v) is 11.7. The second-order valence-corrected chi connectivity index (χ2v) is 9.44. The Morgan fingerprint density at radius 1 is 1.25 bits per heavy atom. The number of aromatic nitrogens is 3. The van der Waals surface area contributed by atoms with Crippen molar-refractivity contribution < 1.29 is 8.42 Å². The van der Waals surface area contributed by atoms with E-state index in [1.54, 1.807) is 0 Å². The minimum Gasteiger partial charge on any atom is -0.312 e. The number of rotatable bonds is 8. The Hall–Kier alpha value is -0.640. The fourth-order valence-corrected chi connectivity index (χ4v) is 4.25. The van der Waals surface area contributed by atoms with Crippen LogP contribution in [0.3, 0.4) is 0 Å². The summed E-state index contributed by atoms with van der Waals surface area (Å²) in [6.45, 7) is 7.84. The van der Waals surface area contributed by atoms with Crippen molar-refractivity contribution in [3.05, 3.63) is 11.6 Å². The maximum absolute atomic E-state index is 11.7. The first kappa shape index (κ1) is 19.7. The van der Waals surface area contributed by atoms with E-state index in [9.17, 15) is 8.42 Å². The average Bonchev–Trinajstić information content (AvgIpc) is 2.78. The summed E-state index contributed by atoms with van der Waals surface area (Å²) in [6.07, 6.45) is 5.38. The fraction of sp³-hybridized carbons (Fsp3) is 0.867. The monoisotopic (exact) mass is 375 g/mol. The van der Waals surface area contributed by atoms with Gasteiger partial charge in [-0.2, -0.15) is 11.8 Å². The minimum absolute atomic E-state index is 0.106. The van der Waals surface area contributed by atoms with Gasteiger partial charge in [-0.25, -0.2) is 13.1 Å². The molecule has 0 radical (unpaired) electrons. The zero-order valence-corrected chi connectivity index (χ0v) is 16.7. The van der Waals surface area contributed by atoms with Crippen LogP contribution in [0, 0.1) is 5.92 Å². The first-order valence-electron chi connectivity index (χ1n) is 8.42. The molecule has 1 aliphatic heterocycles. The first-order chi connectivity index (χ1) is 11.3. The summed E-state index contributed by atoms with van der Waals surface area (Å²) >= 11 is 1.88. The summed E-state index contributed by atoms with van der Waals surface area (Å²) in [5.41, 5.74) is 0. The van der Waals surface area contributed by atoms with E-state index in [-0.39, 0.29) is 12.0 Å². The van der Waals surface area contributed by atoms with Crippen molar-refractivity contribution in [2.75, 3.05) is 37.9 Å². The number of nitrogens with zero attached hydrogens (tertiary/aromatic N) is 4. The van der Waals surface area contributed by atoms with E-state index in [2.05, 4.69) is 30.6 Å². The van der Waals surface area contributed by atoms with E-state index in [4.69, 9.17) is 0 Å². The van der Waals surface area contributed by atoms with Crippen molar-refractivity contribution in [1.82, 2.24) is 24.4 Å². The van der Waals surface area contributed by atoms with Crippen LogP contribution in [-0.2, 0) is 23.0 Å². The Bertz CT molecular complexity index is 630. The van der Waals surface area contributed by atoms with Gasteiger partial charge in [-0.05, 0) is 30.9 Å². The highest BCUT2D eigenvalue weighted by Crippen LogP contribution is 2.23. The third-order valence-corrected chi connectivity index (χ3v) is 5.64. The van der Waals surface area contributed by atoms with Gasteiger partial charge in [0, 0.05) is 26.1 Å². The maximum Gasteiger partial charge on any atom is 0.209 e. The van der Waals surface area contributed by atoms with Crippen molar-refractivity contribution in [2.24, 2.45) is 5.92 Å². The van der Waals surface area contributed by atoms with Crippen LogP contribution in [0.4, 0.5) is 0 Å². The maximum atomic E-state index is 11.7. The van der Waals surface area contributed by atoms with Gasteiger partial charge >= 0.3 is 0 Å². The van der Waals surface area contributed by atoms with E-state index >= 15 is 0 Å². The molecule has 138 valence electrons. The molecule has 1 unspecified atom stereocenters. The molecule has 0 bridgehead atoms. The second-order valence-electron chi connectivity index (χ2n) is 6.68. The Kier molecular flexibility index (Phi) is 7.09. The van der Waals surface area contributed by atoms with Crippen molar-refractivity contribution in [2.45, 2.75) is 39.3 Å². The zero-order chi connectivity index (χ0) is 17.7. The van der Waals surface area contributed by atoms with Crippen molar-refractivity contribution in [1.29, 1.82) is 0 Å². The molecule has 0 aromatic carbocycles. The molecule has 1 aromatic heterocycles. The second kappa shape index (κ2) is 8.64. The summed E-state index contributed by atoms with van der Waals surface area (Å²) in [7, 11) is -3.30. The van der Waals surface area contributed by atoms with Gasteiger partial charge in [0.25, 0.3) is 0 Å². The molecule has 9 heteroatoms. The van der Waals surface area contributed by atoms with E-state index in [1.165, 1.54) is 18.4 Å². The van der Waals surface area contributed by atoms with Crippen molar-refractivity contribution >= 4 is 21.8 Å². The molecule has 2 rings (SSSR count). The molecular weight excluding hydrogens is 346 g/mol. The Morgan fingerprint density at radius 3 is 2.62 bits per heavy atom. The largest absolute Gasteiger partial charge is 0.312 e. The summed E-state index contributed by atoms with van der Waals surface area (Å²) in [6, 6.07) is -0.343. The van der Waals surface area contributed by atoms with Gasteiger partial charge in [-0.15, -0.1) is 10.2 Å². The van der Waals surface area contributed by atoms with Gasteiger partial charge in [-0.3, -0.25) is 0 Å². The van der Waals surface area contributed by atoms with Gasteiger partial charge in [0.15, 0.2) is 5.82 Å². The summed E-state index contributed by atoms with van der Waals surface area (Å²) < 4.78 is 28.2. The molecule has 0 fully saturated rings. The molecular formula is C15H29N5O2S2. The Labute approximate surface area is 149 Å². The molecule has 1 atom stereocenters. The Morgan fingerprint density at radius 2 is 2.00 bits per heavy atom. The smallest absolute Gasteiger partial charge is 0.209 e. The lowest BCUT2D eigenvalue weighted by Gasteiger charge is -2.22. The van der Waals surface area contributed by atoms with Crippen molar-refractivity contribution in [3.8, 4) is 0 Å². The highest BCUT2D eigenvalue weighted by Gasteiger charge is 2.28. The molecule has 24 heavy (non-hydrogen) atoms. The summed E-state index contributed by atoms with van der Waals surface area (Å²) in [4.78, 5) is 2.46. The van der Waals surface area contributed by atoms with Crippen LogP contribution in [0.5, 0.6) is 0 Å². The van der Waals surface area contributed by atoms with Gasteiger partial charge in [0.2, 0.25) is 10.0 Å². The third-order valence-electron chi connectivity index (χ3n) is 4.26. The highest BCUT2D eigenvalue weighted by atomic mass is 32.2. The van der Waals surface area contributed by atoms with Crippen molar-refractivity contribution in [3.63, 3.8) is 0 Å². The molecule has 0 amide bonds. The van der Waals surface area contributed by atoms with Crippen LogP contribution in [-0.4, -0.2) is 66.0 Å². The molecule has 0 saturated heterocycles. The summed E-state index contributed by atoms with van der Waals surface area (Å²) in [5, 5.41) is 8.64. The molecule has 1 N–H and O–H groups in total. The molecule has 7 nitrogen and oxygen atoms in total. The lowest BCUT2D eigenvalue weighted by Crippen LogP contribution is -2.34. The summed E-state index contributed by atoms with van der Waals surface area (Å²) in [5.74, 6) is 2.98. The molecule has 1 aliphatic rings. The third kappa shape index (κ3) is 5.44. The molecule has 0 saturated carbocycles. The Balaban J connectivity index is 2.13. The highest BCUT2D eigenvalue weighted by molar-refractivity contribution is 7.98. The molecule has 0 spiro atoms. The number of hydrogen-bond donors (Lipinski definition) is 1. The number of thioether (sulfide) groups is 1. The lowest BCUT2D eigenvalue weighted by atomic mass is 10.1. The number of sulfonamides is 1. The van der Waals surface area contributed by atoms with E-state index in [1.807, 2.05) is 25.6 Å². The molecule has 0 aliphatic carbocycles. The van der Waals surface area contributed by atoms with E-state index < -0.39 is 10.0 Å². The fourth-order valence-electron chi connectivity index (χ4n) is 2.99. The zero-order valence-electron chi connectivity index (χ0n) is 15.0.